The molecular formula is C15H26O10S. The molecule has 1 fully saturated rings. The second kappa shape index (κ2) is 11.0. The van der Waals surface area contributed by atoms with E-state index in [-0.39, 0.29) is 13.2 Å². The molecule has 0 amide bonds. The van der Waals surface area contributed by atoms with Crippen LogP contribution in [0.5, 0.6) is 0 Å². The first-order chi connectivity index (χ1) is 12.3. The molecule has 0 saturated carbocycles. The normalized spacial score (nSPS) is 30.5. The molecule has 0 aromatic carbocycles. The molecular weight excluding hydrogens is 372 g/mol. The first kappa shape index (κ1) is 23.1. The Bertz CT molecular complexity index is 545. The van der Waals surface area contributed by atoms with Crippen LogP contribution < -0.4 is 0 Å². The van der Waals surface area contributed by atoms with E-state index < -0.39 is 52.7 Å². The Morgan fingerprint density at radius 3 is 2.15 bits per heavy atom. The molecule has 1 N–H and O–H groups in total. The molecule has 10 nitrogen and oxygen atoms in total. The van der Waals surface area contributed by atoms with Crippen molar-refractivity contribution in [1.29, 1.82) is 0 Å². The van der Waals surface area contributed by atoms with Gasteiger partial charge in [0.15, 0.2) is 12.4 Å². The lowest BCUT2D eigenvalue weighted by Crippen LogP contribution is -2.61. The van der Waals surface area contributed by atoms with Gasteiger partial charge in [-0.3, -0.25) is 4.55 Å². The van der Waals surface area contributed by atoms with Gasteiger partial charge >= 0.3 is 0 Å². The molecule has 1 heterocycles. The van der Waals surface area contributed by atoms with E-state index in [4.69, 9.17) is 39.6 Å². The van der Waals surface area contributed by atoms with Crippen LogP contribution in [0.3, 0.4) is 0 Å². The molecule has 0 bridgehead atoms. The maximum atomic E-state index is 11.3. The average Bonchev–Trinajstić information content (AvgIpc) is 2.57. The molecule has 6 atom stereocenters. The number of methoxy groups -OCH3 is 4. The third kappa shape index (κ3) is 6.64. The fourth-order valence-corrected chi connectivity index (χ4v) is 3.44. The standard InChI is InChI=1S/C15H26O10S/c1-6-23-10(7-19-2)8-24-15-14(22-5)13(21-4)12(20-3)11(25-15)9-26(16,17)18/h1,10-15H,7-9H2,2-5H3,(H,16,17,18)/t10?,11?,12-,13?,14?,15?/m1/s1. The monoisotopic (exact) mass is 398 g/mol. The maximum absolute atomic E-state index is 11.3. The van der Waals surface area contributed by atoms with Crippen LogP contribution in [0.25, 0.3) is 0 Å². The van der Waals surface area contributed by atoms with Gasteiger partial charge in [0.25, 0.3) is 10.1 Å². The molecule has 0 radical (unpaired) electrons. The molecule has 1 aliphatic heterocycles. The van der Waals surface area contributed by atoms with Crippen LogP contribution in [0.4, 0.5) is 0 Å². The average molecular weight is 398 g/mol. The van der Waals surface area contributed by atoms with Crippen LogP contribution >= 0.6 is 0 Å². The highest BCUT2D eigenvalue weighted by Crippen LogP contribution is 2.28. The molecule has 1 aliphatic rings. The minimum absolute atomic E-state index is 0.00472. The van der Waals surface area contributed by atoms with E-state index in [1.165, 1.54) is 28.4 Å². The summed E-state index contributed by atoms with van der Waals surface area (Å²) in [6, 6.07) is 0. The second-order valence-corrected chi connectivity index (χ2v) is 7.04. The molecule has 26 heavy (non-hydrogen) atoms. The number of rotatable bonds is 11. The van der Waals surface area contributed by atoms with Gasteiger partial charge in [-0.05, 0) is 0 Å². The van der Waals surface area contributed by atoms with Crippen molar-refractivity contribution in [2.24, 2.45) is 0 Å². The predicted octanol–water partition coefficient (Wildman–Crippen LogP) is -0.717. The van der Waals surface area contributed by atoms with Gasteiger partial charge in [0, 0.05) is 28.4 Å². The Morgan fingerprint density at radius 2 is 1.69 bits per heavy atom. The number of hydrogen-bond donors (Lipinski definition) is 1. The highest BCUT2D eigenvalue weighted by atomic mass is 32.2. The molecule has 11 heteroatoms. The van der Waals surface area contributed by atoms with Crippen LogP contribution in [-0.2, 0) is 43.3 Å². The SMILES string of the molecule is C#COC(COC)COC1OC(CS(=O)(=O)O)[C@@H](OC)C(OC)C1OC. The van der Waals surface area contributed by atoms with Crippen molar-refractivity contribution in [3.05, 3.63) is 0 Å². The zero-order valence-corrected chi connectivity index (χ0v) is 16.0. The van der Waals surface area contributed by atoms with Crippen molar-refractivity contribution in [3.63, 3.8) is 0 Å². The van der Waals surface area contributed by atoms with Crippen molar-refractivity contribution in [2.75, 3.05) is 47.4 Å². The van der Waals surface area contributed by atoms with Crippen LogP contribution in [0, 0.1) is 12.5 Å². The fourth-order valence-electron chi connectivity index (χ4n) is 2.76. The van der Waals surface area contributed by atoms with E-state index in [0.29, 0.717) is 0 Å². The summed E-state index contributed by atoms with van der Waals surface area (Å²) in [5.41, 5.74) is 0. The van der Waals surface area contributed by atoms with Gasteiger partial charge in [0.2, 0.25) is 0 Å². The van der Waals surface area contributed by atoms with Crippen LogP contribution in [-0.4, -0.2) is 97.2 Å². The van der Waals surface area contributed by atoms with E-state index in [0.717, 1.165) is 0 Å². The first-order valence-electron chi connectivity index (χ1n) is 7.72. The van der Waals surface area contributed by atoms with Crippen molar-refractivity contribution in [3.8, 4) is 12.5 Å². The van der Waals surface area contributed by atoms with Gasteiger partial charge in [-0.25, -0.2) is 0 Å². The summed E-state index contributed by atoms with van der Waals surface area (Å²) < 4.78 is 69.2. The Labute approximate surface area is 153 Å². The fraction of sp³-hybridized carbons (Fsp3) is 0.867. The molecule has 5 unspecified atom stereocenters. The molecule has 1 rings (SSSR count). The Balaban J connectivity index is 2.94. The van der Waals surface area contributed by atoms with Crippen LogP contribution in [0.1, 0.15) is 0 Å². The number of terminal acetylenes is 1. The van der Waals surface area contributed by atoms with Crippen molar-refractivity contribution < 1.29 is 46.1 Å². The zero-order valence-electron chi connectivity index (χ0n) is 15.2. The van der Waals surface area contributed by atoms with E-state index in [1.54, 1.807) is 0 Å². The molecule has 0 spiro atoms. The second-order valence-electron chi connectivity index (χ2n) is 5.54. The summed E-state index contributed by atoms with van der Waals surface area (Å²) in [4.78, 5) is 0. The third-order valence-corrected chi connectivity index (χ3v) is 4.57. The predicted molar refractivity (Wildman–Crippen MR) is 89.0 cm³/mol. The largest absolute Gasteiger partial charge is 0.439 e. The van der Waals surface area contributed by atoms with Crippen molar-refractivity contribution >= 4 is 10.1 Å². The minimum atomic E-state index is -4.32. The highest BCUT2D eigenvalue weighted by molar-refractivity contribution is 7.85. The van der Waals surface area contributed by atoms with E-state index in [9.17, 15) is 13.0 Å². The summed E-state index contributed by atoms with van der Waals surface area (Å²) >= 11 is 0. The summed E-state index contributed by atoms with van der Waals surface area (Å²) in [6.45, 7) is 0.173. The van der Waals surface area contributed by atoms with Crippen LogP contribution in [0.2, 0.25) is 0 Å². The lowest BCUT2D eigenvalue weighted by Gasteiger charge is -2.44. The molecule has 152 valence electrons. The van der Waals surface area contributed by atoms with Gasteiger partial charge in [0.1, 0.15) is 36.3 Å². The molecule has 0 aliphatic carbocycles. The van der Waals surface area contributed by atoms with Gasteiger partial charge in [-0.15, -0.1) is 0 Å². The first-order valence-corrected chi connectivity index (χ1v) is 9.32. The van der Waals surface area contributed by atoms with E-state index >= 15 is 0 Å². The van der Waals surface area contributed by atoms with Crippen molar-refractivity contribution in [1.82, 2.24) is 0 Å². The number of ether oxygens (including phenoxy) is 7. The molecule has 0 aromatic heterocycles. The quantitative estimate of drug-likeness (QED) is 0.353. The zero-order chi connectivity index (χ0) is 19.7. The summed E-state index contributed by atoms with van der Waals surface area (Å²) in [5, 5.41) is 0. The Hall–Kier alpha value is -0.970. The highest BCUT2D eigenvalue weighted by Gasteiger charge is 2.48. The lowest BCUT2D eigenvalue weighted by atomic mass is 9.99. The molecule has 1 saturated heterocycles. The van der Waals surface area contributed by atoms with Crippen LogP contribution in [0.15, 0.2) is 0 Å². The van der Waals surface area contributed by atoms with Gasteiger partial charge < -0.3 is 33.2 Å². The minimum Gasteiger partial charge on any atom is -0.439 e. The lowest BCUT2D eigenvalue weighted by molar-refractivity contribution is -0.308. The van der Waals surface area contributed by atoms with E-state index in [2.05, 4.69) is 6.11 Å². The maximum Gasteiger partial charge on any atom is 0.267 e. The summed E-state index contributed by atoms with van der Waals surface area (Å²) in [6.07, 6.45) is 2.33. The Kier molecular flexibility index (Phi) is 9.77. The summed E-state index contributed by atoms with van der Waals surface area (Å²) in [5.74, 6) is -0.690. The Morgan fingerprint density at radius 1 is 1.08 bits per heavy atom. The van der Waals surface area contributed by atoms with Gasteiger partial charge in [0.05, 0.1) is 13.2 Å². The number of hydrogen-bond acceptors (Lipinski definition) is 9. The van der Waals surface area contributed by atoms with Gasteiger partial charge in [-0.1, -0.05) is 6.42 Å². The third-order valence-electron chi connectivity index (χ3n) is 3.82. The van der Waals surface area contributed by atoms with E-state index in [1.807, 2.05) is 0 Å². The molecule has 0 aromatic rings. The van der Waals surface area contributed by atoms with Gasteiger partial charge in [-0.2, -0.15) is 8.42 Å². The van der Waals surface area contributed by atoms with Crippen molar-refractivity contribution in [2.45, 2.75) is 36.8 Å². The topological polar surface area (TPSA) is 119 Å². The summed E-state index contributed by atoms with van der Waals surface area (Å²) in [7, 11) is 1.38. The smallest absolute Gasteiger partial charge is 0.267 e.